The number of nitrogens with zero attached hydrogens (tertiary/aromatic N) is 2. The molecule has 1 aliphatic heterocycles. The van der Waals surface area contributed by atoms with E-state index in [9.17, 15) is 10.1 Å². The number of thioether (sulfide) groups is 1. The lowest BCUT2D eigenvalue weighted by Gasteiger charge is -2.21. The van der Waals surface area contributed by atoms with E-state index in [0.29, 0.717) is 22.8 Å². The van der Waals surface area contributed by atoms with Crippen LogP contribution in [-0.2, 0) is 0 Å². The first kappa shape index (κ1) is 15.9. The van der Waals surface area contributed by atoms with Crippen molar-refractivity contribution in [2.75, 3.05) is 11.5 Å². The number of rotatable bonds is 3. The summed E-state index contributed by atoms with van der Waals surface area (Å²) in [7, 11) is 0. The van der Waals surface area contributed by atoms with E-state index in [-0.39, 0.29) is 5.91 Å². The van der Waals surface area contributed by atoms with Gasteiger partial charge in [-0.25, -0.2) is 0 Å². The zero-order valence-corrected chi connectivity index (χ0v) is 13.8. The maximum atomic E-state index is 12.6. The van der Waals surface area contributed by atoms with E-state index in [1.165, 1.54) is 0 Å². The number of nitriles is 1. The third kappa shape index (κ3) is 3.34. The zero-order chi connectivity index (χ0) is 16.3. The van der Waals surface area contributed by atoms with E-state index < -0.39 is 5.54 Å². The zero-order valence-electron chi connectivity index (χ0n) is 12.3. The molecule has 1 atom stereocenters. The van der Waals surface area contributed by atoms with Crippen molar-refractivity contribution < 1.29 is 4.79 Å². The number of carbonyl (C=O) groups is 1. The molecule has 1 N–H and O–H groups in total. The van der Waals surface area contributed by atoms with Crippen molar-refractivity contribution in [1.82, 2.24) is 10.3 Å². The van der Waals surface area contributed by atoms with Gasteiger partial charge in [0.2, 0.25) is 0 Å². The van der Waals surface area contributed by atoms with Crippen LogP contribution in [0, 0.1) is 11.3 Å². The van der Waals surface area contributed by atoms with Crippen LogP contribution in [0.5, 0.6) is 0 Å². The molecule has 0 spiro atoms. The minimum absolute atomic E-state index is 0.322. The van der Waals surface area contributed by atoms with Crippen molar-refractivity contribution in [1.29, 1.82) is 5.26 Å². The molecule has 0 saturated carbocycles. The first-order chi connectivity index (χ1) is 11.1. The molecule has 1 aromatic heterocycles. The molecule has 4 nitrogen and oxygen atoms in total. The Morgan fingerprint density at radius 1 is 1.39 bits per heavy atom. The van der Waals surface area contributed by atoms with Crippen LogP contribution in [0.3, 0.4) is 0 Å². The van der Waals surface area contributed by atoms with Crippen LogP contribution in [0.4, 0.5) is 0 Å². The van der Waals surface area contributed by atoms with Gasteiger partial charge in [-0.1, -0.05) is 23.7 Å². The Labute approximate surface area is 143 Å². The number of benzene rings is 1. The highest BCUT2D eigenvalue weighted by Gasteiger charge is 2.36. The Morgan fingerprint density at radius 2 is 2.26 bits per heavy atom. The molecular formula is C17H14ClN3OS. The Balaban J connectivity index is 1.90. The van der Waals surface area contributed by atoms with Gasteiger partial charge in [0.1, 0.15) is 5.54 Å². The largest absolute Gasteiger partial charge is 0.333 e. The Hall–Kier alpha value is -2.03. The van der Waals surface area contributed by atoms with Gasteiger partial charge in [0.05, 0.1) is 22.3 Å². The summed E-state index contributed by atoms with van der Waals surface area (Å²) in [6, 6.07) is 13.1. The van der Waals surface area contributed by atoms with Crippen molar-refractivity contribution in [2.45, 2.75) is 12.0 Å². The molecule has 6 heteroatoms. The summed E-state index contributed by atoms with van der Waals surface area (Å²) in [5.74, 6) is 1.15. The fourth-order valence-electron chi connectivity index (χ4n) is 2.46. The van der Waals surface area contributed by atoms with Crippen molar-refractivity contribution in [3.8, 4) is 17.3 Å². The summed E-state index contributed by atoms with van der Waals surface area (Å²) in [4.78, 5) is 16.9. The molecule has 1 fully saturated rings. The van der Waals surface area contributed by atoms with E-state index >= 15 is 0 Å². The summed E-state index contributed by atoms with van der Waals surface area (Å²) in [6.07, 6.45) is 2.35. The number of nitrogens with one attached hydrogen (secondary N) is 1. The number of hydrogen-bond donors (Lipinski definition) is 1. The second kappa shape index (κ2) is 6.61. The van der Waals surface area contributed by atoms with Crippen LogP contribution in [0.1, 0.15) is 16.8 Å². The molecule has 2 heterocycles. The molecule has 116 valence electrons. The molecule has 23 heavy (non-hydrogen) atoms. The second-order valence-electron chi connectivity index (χ2n) is 5.36. The average Bonchev–Trinajstić information content (AvgIpc) is 3.05. The van der Waals surface area contributed by atoms with Gasteiger partial charge in [-0.2, -0.15) is 17.0 Å². The summed E-state index contributed by atoms with van der Waals surface area (Å²) in [5.41, 5.74) is 1.14. The SMILES string of the molecule is N#CC1(NC(=O)c2cc(-c3ccccn3)ccc2Cl)CCSC1. The Kier molecular flexibility index (Phi) is 4.56. The maximum absolute atomic E-state index is 12.6. The van der Waals surface area contributed by atoms with Crippen LogP contribution in [0.2, 0.25) is 5.02 Å². The first-order valence-electron chi connectivity index (χ1n) is 7.16. The Bertz CT molecular complexity index is 767. The third-order valence-electron chi connectivity index (χ3n) is 3.76. The van der Waals surface area contributed by atoms with Crippen LogP contribution in [0.15, 0.2) is 42.6 Å². The van der Waals surface area contributed by atoms with Gasteiger partial charge >= 0.3 is 0 Å². The van der Waals surface area contributed by atoms with Gasteiger partial charge in [0.25, 0.3) is 5.91 Å². The van der Waals surface area contributed by atoms with Gasteiger partial charge in [-0.05, 0) is 36.4 Å². The van der Waals surface area contributed by atoms with Crippen LogP contribution >= 0.6 is 23.4 Å². The summed E-state index contributed by atoms with van der Waals surface area (Å²) in [5, 5.41) is 12.6. The second-order valence-corrected chi connectivity index (χ2v) is 6.87. The quantitative estimate of drug-likeness (QED) is 0.925. The first-order valence-corrected chi connectivity index (χ1v) is 8.69. The molecule has 1 unspecified atom stereocenters. The lowest BCUT2D eigenvalue weighted by atomic mass is 10.00. The third-order valence-corrected chi connectivity index (χ3v) is 5.28. The Morgan fingerprint density at radius 3 is 2.91 bits per heavy atom. The number of halogens is 1. The van der Waals surface area contributed by atoms with Gasteiger partial charge in [-0.15, -0.1) is 0 Å². The van der Waals surface area contributed by atoms with Crippen molar-refractivity contribution in [2.24, 2.45) is 0 Å². The highest BCUT2D eigenvalue weighted by Crippen LogP contribution is 2.29. The van der Waals surface area contributed by atoms with E-state index in [2.05, 4.69) is 16.4 Å². The topological polar surface area (TPSA) is 65.8 Å². The molecule has 0 bridgehead atoms. The van der Waals surface area contributed by atoms with E-state index in [1.807, 2.05) is 24.3 Å². The smallest absolute Gasteiger partial charge is 0.254 e. The highest BCUT2D eigenvalue weighted by atomic mass is 35.5. The number of pyridine rings is 1. The summed E-state index contributed by atoms with van der Waals surface area (Å²) < 4.78 is 0. The number of amides is 1. The lowest BCUT2D eigenvalue weighted by Crippen LogP contribution is -2.47. The standard InChI is InChI=1S/C17H14ClN3OS/c18-14-5-4-12(15-3-1-2-7-20-15)9-13(14)16(22)21-17(10-19)6-8-23-11-17/h1-5,7,9H,6,8,11H2,(H,21,22). The van der Waals surface area contributed by atoms with Gasteiger partial charge in [0, 0.05) is 17.5 Å². The molecule has 0 radical (unpaired) electrons. The van der Waals surface area contributed by atoms with Crippen LogP contribution in [0.25, 0.3) is 11.3 Å². The maximum Gasteiger partial charge on any atom is 0.254 e. The number of carbonyl (C=O) groups excluding carboxylic acids is 1. The molecule has 2 aromatic rings. The number of aromatic nitrogens is 1. The fraction of sp³-hybridized carbons (Fsp3) is 0.235. The molecule has 3 rings (SSSR count). The predicted octanol–water partition coefficient (Wildman–Crippen LogP) is 3.53. The predicted molar refractivity (Wildman–Crippen MR) is 92.4 cm³/mol. The van der Waals surface area contributed by atoms with Gasteiger partial charge in [0.15, 0.2) is 0 Å². The van der Waals surface area contributed by atoms with Gasteiger partial charge in [-0.3, -0.25) is 9.78 Å². The van der Waals surface area contributed by atoms with E-state index in [0.717, 1.165) is 17.0 Å². The lowest BCUT2D eigenvalue weighted by molar-refractivity contribution is 0.0926. The van der Waals surface area contributed by atoms with Crippen molar-refractivity contribution in [3.05, 3.63) is 53.2 Å². The normalized spacial score (nSPS) is 20.0. The van der Waals surface area contributed by atoms with Gasteiger partial charge < -0.3 is 5.32 Å². The fourth-order valence-corrected chi connectivity index (χ4v) is 3.93. The molecule has 1 amide bonds. The minimum atomic E-state index is -0.800. The molecule has 1 aliphatic rings. The average molecular weight is 344 g/mol. The number of hydrogen-bond acceptors (Lipinski definition) is 4. The molecule has 0 aliphatic carbocycles. The van der Waals surface area contributed by atoms with Crippen molar-refractivity contribution >= 4 is 29.3 Å². The molecule has 1 saturated heterocycles. The summed E-state index contributed by atoms with van der Waals surface area (Å²) in [6.45, 7) is 0. The molecule has 1 aromatic carbocycles. The van der Waals surface area contributed by atoms with E-state index in [4.69, 9.17) is 11.6 Å². The van der Waals surface area contributed by atoms with Crippen LogP contribution < -0.4 is 5.32 Å². The molecular weight excluding hydrogens is 330 g/mol. The summed E-state index contributed by atoms with van der Waals surface area (Å²) >= 11 is 7.85. The highest BCUT2D eigenvalue weighted by molar-refractivity contribution is 7.99. The van der Waals surface area contributed by atoms with Crippen molar-refractivity contribution in [3.63, 3.8) is 0 Å². The van der Waals surface area contributed by atoms with Crippen LogP contribution in [-0.4, -0.2) is 27.9 Å². The minimum Gasteiger partial charge on any atom is -0.333 e. The monoisotopic (exact) mass is 343 g/mol. The van der Waals surface area contributed by atoms with E-state index in [1.54, 1.807) is 30.1 Å².